The van der Waals surface area contributed by atoms with E-state index in [9.17, 15) is 9.90 Å². The first kappa shape index (κ1) is 17.6. The summed E-state index contributed by atoms with van der Waals surface area (Å²) in [5, 5.41) is 14.4. The monoisotopic (exact) mass is 356 g/mol. The smallest absolute Gasteiger partial charge is 0.268 e. The molecule has 1 saturated carbocycles. The van der Waals surface area contributed by atoms with Crippen LogP contribution in [0.3, 0.4) is 0 Å². The van der Waals surface area contributed by atoms with E-state index in [-0.39, 0.29) is 11.9 Å². The fraction of sp³-hybridized carbons (Fsp3) is 0.350. The fourth-order valence-corrected chi connectivity index (χ4v) is 3.39. The Bertz CT molecular complexity index is 833. The average Bonchev–Trinajstić information content (AvgIpc) is 2.99. The zero-order valence-electron chi connectivity index (χ0n) is 14.1. The van der Waals surface area contributed by atoms with Gasteiger partial charge in [-0.1, -0.05) is 29.5 Å². The number of aliphatic hydroxyl groups is 1. The summed E-state index contributed by atoms with van der Waals surface area (Å²) < 4.78 is 1.78. The highest BCUT2D eigenvalue weighted by Crippen LogP contribution is 2.28. The number of amides is 1. The Morgan fingerprint density at radius 3 is 2.96 bits per heavy atom. The molecule has 5 heteroatoms. The summed E-state index contributed by atoms with van der Waals surface area (Å²) >= 11 is 5.96. The SMILES string of the molecule is Cn1cccc1C(=O)N[C@H]1CCC[C@@](O)(C#Cc2cccc(Cl)c2)C1. The lowest BCUT2D eigenvalue weighted by atomic mass is 9.82. The maximum Gasteiger partial charge on any atom is 0.268 e. The van der Waals surface area contributed by atoms with E-state index in [2.05, 4.69) is 17.2 Å². The third kappa shape index (κ3) is 4.45. The van der Waals surface area contributed by atoms with Crippen LogP contribution in [0, 0.1) is 11.8 Å². The summed E-state index contributed by atoms with van der Waals surface area (Å²) in [6, 6.07) is 10.8. The second kappa shape index (κ2) is 7.35. The number of aromatic nitrogens is 1. The van der Waals surface area contributed by atoms with Crippen molar-refractivity contribution in [3.8, 4) is 11.8 Å². The van der Waals surface area contributed by atoms with E-state index < -0.39 is 5.60 Å². The Labute approximate surface area is 152 Å². The van der Waals surface area contributed by atoms with E-state index in [4.69, 9.17) is 11.6 Å². The van der Waals surface area contributed by atoms with Gasteiger partial charge in [-0.05, 0) is 49.6 Å². The van der Waals surface area contributed by atoms with Gasteiger partial charge in [0.15, 0.2) is 0 Å². The first-order valence-corrected chi connectivity index (χ1v) is 8.76. The number of rotatable bonds is 2. The van der Waals surface area contributed by atoms with Gasteiger partial charge in [0.05, 0.1) is 0 Å². The maximum absolute atomic E-state index is 12.4. The van der Waals surface area contributed by atoms with Crippen LogP contribution in [-0.2, 0) is 7.05 Å². The first-order chi connectivity index (χ1) is 12.0. The van der Waals surface area contributed by atoms with Gasteiger partial charge in [-0.25, -0.2) is 0 Å². The summed E-state index contributed by atoms with van der Waals surface area (Å²) in [7, 11) is 1.84. The predicted molar refractivity (Wildman–Crippen MR) is 98.4 cm³/mol. The summed E-state index contributed by atoms with van der Waals surface area (Å²) in [6.45, 7) is 0. The fourth-order valence-electron chi connectivity index (χ4n) is 3.20. The average molecular weight is 357 g/mol. The van der Waals surface area contributed by atoms with Crippen molar-refractivity contribution in [2.45, 2.75) is 37.3 Å². The minimum Gasteiger partial charge on any atom is -0.378 e. The van der Waals surface area contributed by atoms with Crippen molar-refractivity contribution in [3.05, 3.63) is 58.9 Å². The predicted octanol–water partition coefficient (Wildman–Crippen LogP) is 3.13. The number of nitrogens with zero attached hydrogens (tertiary/aromatic N) is 1. The zero-order valence-corrected chi connectivity index (χ0v) is 14.9. The molecule has 1 aliphatic carbocycles. The number of carbonyl (C=O) groups excluding carboxylic acids is 1. The van der Waals surface area contributed by atoms with E-state index >= 15 is 0 Å². The highest BCUT2D eigenvalue weighted by Gasteiger charge is 2.33. The van der Waals surface area contributed by atoms with Crippen molar-refractivity contribution >= 4 is 17.5 Å². The molecule has 0 saturated heterocycles. The van der Waals surface area contributed by atoms with Crippen LogP contribution in [0.1, 0.15) is 41.7 Å². The third-order valence-electron chi connectivity index (χ3n) is 4.50. The van der Waals surface area contributed by atoms with Gasteiger partial charge in [-0.15, -0.1) is 0 Å². The number of benzene rings is 1. The molecule has 1 aliphatic rings. The molecule has 1 aromatic heterocycles. The zero-order chi connectivity index (χ0) is 17.9. The number of nitrogens with one attached hydrogen (secondary N) is 1. The highest BCUT2D eigenvalue weighted by molar-refractivity contribution is 6.30. The lowest BCUT2D eigenvalue weighted by Gasteiger charge is -2.33. The van der Waals surface area contributed by atoms with Crippen molar-refractivity contribution in [2.75, 3.05) is 0 Å². The van der Waals surface area contributed by atoms with Gasteiger partial charge in [0.25, 0.3) is 5.91 Å². The van der Waals surface area contributed by atoms with E-state index in [0.29, 0.717) is 23.6 Å². The van der Waals surface area contributed by atoms with Gasteiger partial charge >= 0.3 is 0 Å². The molecule has 1 heterocycles. The van der Waals surface area contributed by atoms with Crippen molar-refractivity contribution < 1.29 is 9.90 Å². The number of carbonyl (C=O) groups is 1. The second-order valence-corrected chi connectivity index (χ2v) is 7.00. The molecule has 0 unspecified atom stereocenters. The molecule has 0 radical (unpaired) electrons. The molecular weight excluding hydrogens is 336 g/mol. The van der Waals surface area contributed by atoms with Gasteiger partial charge in [-0.3, -0.25) is 4.79 Å². The summed E-state index contributed by atoms with van der Waals surface area (Å²) in [5.74, 6) is 5.87. The van der Waals surface area contributed by atoms with Gasteiger partial charge < -0.3 is 15.0 Å². The molecule has 0 bridgehead atoms. The van der Waals surface area contributed by atoms with E-state index in [1.807, 2.05) is 31.4 Å². The largest absolute Gasteiger partial charge is 0.378 e. The number of hydrogen-bond acceptors (Lipinski definition) is 2. The summed E-state index contributed by atoms with van der Waals surface area (Å²) in [5.41, 5.74) is 0.294. The molecule has 0 aliphatic heterocycles. The minimum absolute atomic E-state index is 0.0881. The van der Waals surface area contributed by atoms with Crippen LogP contribution in [0.2, 0.25) is 5.02 Å². The molecule has 1 amide bonds. The minimum atomic E-state index is -1.09. The van der Waals surface area contributed by atoms with Crippen LogP contribution < -0.4 is 5.32 Å². The molecule has 1 fully saturated rings. The standard InChI is InChI=1S/C20H21ClN2O2/c1-23-12-4-8-18(23)19(24)22-17-7-3-10-20(25,14-17)11-9-15-5-2-6-16(21)13-15/h2,4-6,8,12-13,17,25H,3,7,10,14H2,1H3,(H,22,24)/t17-,20+/m0/s1. The Morgan fingerprint density at radius 2 is 2.24 bits per heavy atom. The molecule has 1 aromatic carbocycles. The van der Waals surface area contributed by atoms with Crippen LogP contribution in [0.15, 0.2) is 42.6 Å². The lowest BCUT2D eigenvalue weighted by Crippen LogP contribution is -2.45. The number of hydrogen-bond donors (Lipinski definition) is 2. The first-order valence-electron chi connectivity index (χ1n) is 8.38. The van der Waals surface area contributed by atoms with Crippen LogP contribution in [0.5, 0.6) is 0 Å². The van der Waals surface area contributed by atoms with Gasteiger partial charge in [0, 0.05) is 36.3 Å². The van der Waals surface area contributed by atoms with Crippen molar-refractivity contribution in [1.82, 2.24) is 9.88 Å². The summed E-state index contributed by atoms with van der Waals surface area (Å²) in [4.78, 5) is 12.4. The second-order valence-electron chi connectivity index (χ2n) is 6.56. The molecule has 3 rings (SSSR count). The topological polar surface area (TPSA) is 54.3 Å². The number of aryl methyl sites for hydroxylation is 1. The van der Waals surface area contributed by atoms with Crippen LogP contribution in [0.4, 0.5) is 0 Å². The van der Waals surface area contributed by atoms with Gasteiger partial charge in [0.2, 0.25) is 0 Å². The molecule has 2 aromatic rings. The molecule has 2 atom stereocenters. The molecule has 25 heavy (non-hydrogen) atoms. The van der Waals surface area contributed by atoms with Crippen molar-refractivity contribution in [2.24, 2.45) is 7.05 Å². The van der Waals surface area contributed by atoms with Crippen LogP contribution in [-0.4, -0.2) is 27.2 Å². The van der Waals surface area contributed by atoms with Crippen molar-refractivity contribution in [3.63, 3.8) is 0 Å². The lowest BCUT2D eigenvalue weighted by molar-refractivity contribution is 0.0451. The van der Waals surface area contributed by atoms with E-state index in [0.717, 1.165) is 18.4 Å². The molecule has 130 valence electrons. The Hall–Kier alpha value is -2.22. The molecule has 0 spiro atoms. The maximum atomic E-state index is 12.4. The molecular formula is C20H21ClN2O2. The normalized spacial score (nSPS) is 22.8. The summed E-state index contributed by atoms with van der Waals surface area (Å²) in [6.07, 6.45) is 4.53. The Kier molecular flexibility index (Phi) is 5.17. The third-order valence-corrected chi connectivity index (χ3v) is 4.74. The van der Waals surface area contributed by atoms with Crippen LogP contribution >= 0.6 is 11.6 Å². The van der Waals surface area contributed by atoms with E-state index in [1.54, 1.807) is 22.8 Å². The molecule has 2 N–H and O–H groups in total. The van der Waals surface area contributed by atoms with Gasteiger partial charge in [-0.2, -0.15) is 0 Å². The van der Waals surface area contributed by atoms with Crippen LogP contribution in [0.25, 0.3) is 0 Å². The number of halogens is 1. The molecule has 4 nitrogen and oxygen atoms in total. The Balaban J connectivity index is 1.68. The van der Waals surface area contributed by atoms with E-state index in [1.165, 1.54) is 0 Å². The highest BCUT2D eigenvalue weighted by atomic mass is 35.5. The van der Waals surface area contributed by atoms with Crippen molar-refractivity contribution in [1.29, 1.82) is 0 Å². The quantitative estimate of drug-likeness (QED) is 0.812. The van der Waals surface area contributed by atoms with Gasteiger partial charge in [0.1, 0.15) is 11.3 Å². The Morgan fingerprint density at radius 1 is 1.40 bits per heavy atom.